The maximum absolute atomic E-state index is 6.55. The van der Waals surface area contributed by atoms with E-state index in [-0.39, 0.29) is 0 Å². The number of benzene rings is 1. The molecule has 0 aromatic heterocycles. The SMILES string of the molecule is C=Cc1ccc(C[Si](OCC)(O[Si](C)(C)C)O[Si](C)(C)C)cc1. The molecule has 0 amide bonds. The molecule has 23 heavy (non-hydrogen) atoms. The van der Waals surface area contributed by atoms with Gasteiger partial charge in [0.25, 0.3) is 0 Å². The Bertz CT molecular complexity index is 485. The summed E-state index contributed by atoms with van der Waals surface area (Å²) in [5.41, 5.74) is 2.32. The third-order valence-corrected chi connectivity index (χ3v) is 11.9. The van der Waals surface area contributed by atoms with Crippen molar-refractivity contribution in [3.8, 4) is 0 Å². The van der Waals surface area contributed by atoms with Crippen molar-refractivity contribution in [2.24, 2.45) is 0 Å². The molecule has 1 aromatic carbocycles. The number of hydrogen-bond acceptors (Lipinski definition) is 3. The minimum Gasteiger partial charge on any atom is -0.416 e. The summed E-state index contributed by atoms with van der Waals surface area (Å²) in [6.07, 6.45) is 1.86. The average molecular weight is 369 g/mol. The van der Waals surface area contributed by atoms with Crippen LogP contribution >= 0.6 is 0 Å². The highest BCUT2D eigenvalue weighted by Gasteiger charge is 2.47. The van der Waals surface area contributed by atoms with E-state index < -0.39 is 25.4 Å². The molecule has 0 saturated heterocycles. The molecule has 0 unspecified atom stereocenters. The minimum absolute atomic E-state index is 0.617. The Kier molecular flexibility index (Phi) is 7.18. The van der Waals surface area contributed by atoms with Crippen molar-refractivity contribution in [3.63, 3.8) is 0 Å². The van der Waals surface area contributed by atoms with Crippen molar-refractivity contribution in [2.45, 2.75) is 52.2 Å². The fourth-order valence-electron chi connectivity index (χ4n) is 2.38. The van der Waals surface area contributed by atoms with Crippen molar-refractivity contribution in [3.05, 3.63) is 42.0 Å². The molecular formula is C17H32O3Si3. The maximum atomic E-state index is 6.55. The van der Waals surface area contributed by atoms with E-state index in [0.717, 1.165) is 11.6 Å². The zero-order valence-corrected chi connectivity index (χ0v) is 18.7. The summed E-state index contributed by atoms with van der Waals surface area (Å²) < 4.78 is 19.3. The van der Waals surface area contributed by atoms with E-state index in [0.29, 0.717) is 6.61 Å². The molecule has 0 aliphatic heterocycles. The first-order valence-electron chi connectivity index (χ1n) is 8.24. The highest BCUT2D eigenvalue weighted by Crippen LogP contribution is 2.26. The molecule has 1 rings (SSSR count). The molecule has 0 atom stereocenters. The lowest BCUT2D eigenvalue weighted by atomic mass is 10.1. The molecule has 6 heteroatoms. The highest BCUT2D eigenvalue weighted by atomic mass is 28.5. The highest BCUT2D eigenvalue weighted by molar-refractivity contribution is 6.85. The van der Waals surface area contributed by atoms with Crippen LogP contribution in [-0.2, 0) is 18.7 Å². The Hall–Kier alpha value is -0.509. The van der Waals surface area contributed by atoms with E-state index in [4.69, 9.17) is 12.7 Å². The van der Waals surface area contributed by atoms with Crippen molar-refractivity contribution in [1.82, 2.24) is 0 Å². The second-order valence-electron chi connectivity index (χ2n) is 7.67. The molecule has 0 N–H and O–H groups in total. The van der Waals surface area contributed by atoms with Gasteiger partial charge in [0.2, 0.25) is 0 Å². The van der Waals surface area contributed by atoms with E-state index in [1.807, 2.05) is 13.0 Å². The fraction of sp³-hybridized carbons (Fsp3) is 0.529. The van der Waals surface area contributed by atoms with Crippen LogP contribution in [0.4, 0.5) is 0 Å². The average Bonchev–Trinajstić information content (AvgIpc) is 2.35. The Morgan fingerprint density at radius 1 is 0.913 bits per heavy atom. The van der Waals surface area contributed by atoms with Crippen LogP contribution < -0.4 is 0 Å². The second-order valence-corrected chi connectivity index (χ2v) is 19.8. The summed E-state index contributed by atoms with van der Waals surface area (Å²) in [6.45, 7) is 19.6. The fourth-order valence-corrected chi connectivity index (χ4v) is 12.7. The third kappa shape index (κ3) is 7.73. The summed E-state index contributed by atoms with van der Waals surface area (Å²) >= 11 is 0. The predicted molar refractivity (Wildman–Crippen MR) is 106 cm³/mol. The van der Waals surface area contributed by atoms with Crippen LogP contribution in [0.1, 0.15) is 18.1 Å². The first-order chi connectivity index (χ1) is 10.5. The van der Waals surface area contributed by atoms with Crippen molar-refractivity contribution in [1.29, 1.82) is 0 Å². The zero-order valence-electron chi connectivity index (χ0n) is 15.7. The normalized spacial score (nSPS) is 13.2. The molecule has 0 heterocycles. The van der Waals surface area contributed by atoms with Crippen LogP contribution in [0.25, 0.3) is 6.08 Å². The lowest BCUT2D eigenvalue weighted by molar-refractivity contribution is 0.168. The quantitative estimate of drug-likeness (QED) is 0.568. The molecule has 130 valence electrons. The Morgan fingerprint density at radius 3 is 1.74 bits per heavy atom. The third-order valence-electron chi connectivity index (χ3n) is 2.92. The smallest absolute Gasteiger partial charge is 0.416 e. The van der Waals surface area contributed by atoms with Gasteiger partial charge in [-0.25, -0.2) is 0 Å². The molecule has 0 fully saturated rings. The molecule has 0 spiro atoms. The van der Waals surface area contributed by atoms with Gasteiger partial charge in [-0.2, -0.15) is 0 Å². The van der Waals surface area contributed by atoms with Gasteiger partial charge in [0.15, 0.2) is 16.6 Å². The van der Waals surface area contributed by atoms with Crippen molar-refractivity contribution in [2.75, 3.05) is 6.61 Å². The summed E-state index contributed by atoms with van der Waals surface area (Å²) in [7, 11) is -6.30. The van der Waals surface area contributed by atoms with Gasteiger partial charge in [0.1, 0.15) is 0 Å². The Balaban J connectivity index is 3.14. The summed E-state index contributed by atoms with van der Waals surface area (Å²) in [4.78, 5) is 0. The molecule has 0 saturated carbocycles. The second kappa shape index (κ2) is 8.04. The Labute approximate surface area is 145 Å². The van der Waals surface area contributed by atoms with Gasteiger partial charge in [-0.15, -0.1) is 0 Å². The van der Waals surface area contributed by atoms with Crippen LogP contribution in [-0.4, -0.2) is 32.0 Å². The maximum Gasteiger partial charge on any atom is 0.484 e. The standard InChI is InChI=1S/C17H32O3Si3/c1-9-16-11-13-17(14-12-16)15-23(18-10-2,19-21(3,4)5)20-22(6,7)8/h9,11-14H,1,10,15H2,2-8H3. The summed E-state index contributed by atoms with van der Waals surface area (Å²) in [5.74, 6) is 0. The van der Waals surface area contributed by atoms with E-state index in [1.165, 1.54) is 5.56 Å². The molecular weight excluding hydrogens is 336 g/mol. The first-order valence-corrected chi connectivity index (χ1v) is 17.0. The van der Waals surface area contributed by atoms with Gasteiger partial charge < -0.3 is 12.7 Å². The number of hydrogen-bond donors (Lipinski definition) is 0. The molecule has 0 aliphatic carbocycles. The molecule has 0 radical (unpaired) electrons. The van der Waals surface area contributed by atoms with Gasteiger partial charge in [-0.1, -0.05) is 36.9 Å². The van der Waals surface area contributed by atoms with Gasteiger partial charge in [-0.3, -0.25) is 0 Å². The number of rotatable bonds is 9. The minimum atomic E-state index is -2.74. The van der Waals surface area contributed by atoms with E-state index in [2.05, 4.69) is 70.1 Å². The molecule has 1 aromatic rings. The van der Waals surface area contributed by atoms with E-state index in [9.17, 15) is 0 Å². The lowest BCUT2D eigenvalue weighted by Gasteiger charge is -2.39. The predicted octanol–water partition coefficient (Wildman–Crippen LogP) is 5.09. The largest absolute Gasteiger partial charge is 0.484 e. The van der Waals surface area contributed by atoms with Gasteiger partial charge in [-0.05, 0) is 57.3 Å². The Morgan fingerprint density at radius 2 is 1.39 bits per heavy atom. The molecule has 0 aliphatic rings. The van der Waals surface area contributed by atoms with E-state index in [1.54, 1.807) is 0 Å². The lowest BCUT2D eigenvalue weighted by Crippen LogP contribution is -2.58. The van der Waals surface area contributed by atoms with Crippen molar-refractivity contribution < 1.29 is 12.7 Å². The molecule has 3 nitrogen and oxygen atoms in total. The van der Waals surface area contributed by atoms with Crippen LogP contribution in [0.15, 0.2) is 30.8 Å². The topological polar surface area (TPSA) is 27.7 Å². The van der Waals surface area contributed by atoms with E-state index >= 15 is 0 Å². The molecule has 0 bridgehead atoms. The monoisotopic (exact) mass is 368 g/mol. The van der Waals surface area contributed by atoms with Gasteiger partial charge in [0, 0.05) is 12.7 Å². The van der Waals surface area contributed by atoms with Crippen molar-refractivity contribution >= 4 is 31.5 Å². The van der Waals surface area contributed by atoms with Gasteiger partial charge >= 0.3 is 8.80 Å². The van der Waals surface area contributed by atoms with Crippen LogP contribution in [0, 0.1) is 0 Å². The first kappa shape index (κ1) is 20.5. The van der Waals surface area contributed by atoms with Crippen LogP contribution in [0.3, 0.4) is 0 Å². The summed E-state index contributed by atoms with van der Waals surface area (Å²) in [5, 5.41) is 0. The van der Waals surface area contributed by atoms with Gasteiger partial charge in [0.05, 0.1) is 0 Å². The zero-order chi connectivity index (χ0) is 17.7. The van der Waals surface area contributed by atoms with Crippen LogP contribution in [0.5, 0.6) is 0 Å². The van der Waals surface area contributed by atoms with Crippen LogP contribution in [0.2, 0.25) is 39.3 Å². The summed E-state index contributed by atoms with van der Waals surface area (Å²) in [6, 6.07) is 9.14.